The van der Waals surface area contributed by atoms with Crippen molar-refractivity contribution in [3.05, 3.63) is 29.8 Å². The molecule has 0 bridgehead atoms. The summed E-state index contributed by atoms with van der Waals surface area (Å²) >= 11 is 0. The summed E-state index contributed by atoms with van der Waals surface area (Å²) in [5.74, 6) is -1.31. The molecule has 1 aliphatic heterocycles. The third kappa shape index (κ3) is 5.25. The minimum atomic E-state index is -0.861. The van der Waals surface area contributed by atoms with Gasteiger partial charge in [0.25, 0.3) is 0 Å². The van der Waals surface area contributed by atoms with E-state index in [2.05, 4.69) is 10.2 Å². The lowest BCUT2D eigenvalue weighted by Gasteiger charge is -2.31. The zero-order valence-electron chi connectivity index (χ0n) is 12.6. The van der Waals surface area contributed by atoms with Gasteiger partial charge in [0.15, 0.2) is 11.6 Å². The molecular weight excluding hydrogens is 274 g/mol. The van der Waals surface area contributed by atoms with Gasteiger partial charge in [0.2, 0.25) is 0 Å². The average Bonchev–Trinajstić information content (AvgIpc) is 2.51. The summed E-state index contributed by atoms with van der Waals surface area (Å²) in [6.07, 6.45) is 4.41. The molecular formula is C16H24F2N2O. The first-order chi connectivity index (χ1) is 10.2. The summed E-state index contributed by atoms with van der Waals surface area (Å²) in [5, 5.41) is 3.32. The van der Waals surface area contributed by atoms with Crippen LogP contribution < -0.4 is 10.1 Å². The Bertz CT molecular complexity index is 434. The van der Waals surface area contributed by atoms with E-state index in [0.29, 0.717) is 18.4 Å². The zero-order chi connectivity index (χ0) is 15.1. The Hall–Kier alpha value is -1.20. The molecule has 1 N–H and O–H groups in total. The Kier molecular flexibility index (Phi) is 6.39. The van der Waals surface area contributed by atoms with E-state index in [4.69, 9.17) is 4.74 Å². The molecule has 0 aliphatic carbocycles. The summed E-state index contributed by atoms with van der Waals surface area (Å²) in [6.45, 7) is 3.92. The number of hydrogen-bond donors (Lipinski definition) is 1. The predicted octanol–water partition coefficient (Wildman–Crippen LogP) is 2.81. The fourth-order valence-corrected chi connectivity index (χ4v) is 2.64. The van der Waals surface area contributed by atoms with Crippen LogP contribution in [0.1, 0.15) is 25.7 Å². The Balaban J connectivity index is 1.57. The second-order valence-corrected chi connectivity index (χ2v) is 5.54. The molecule has 0 atom stereocenters. The van der Waals surface area contributed by atoms with Crippen LogP contribution in [-0.2, 0) is 0 Å². The first-order valence-electron chi connectivity index (χ1n) is 7.66. The zero-order valence-corrected chi connectivity index (χ0v) is 12.6. The standard InChI is InChI=1S/C16H24F2N2O/c1-19-13-6-9-20(10-7-13)8-2-3-11-21-14-4-5-15(17)16(18)12-14/h4-5,12-13,19H,2-3,6-11H2,1H3. The number of rotatable bonds is 7. The second-order valence-electron chi connectivity index (χ2n) is 5.54. The number of nitrogens with zero attached hydrogens (tertiary/aromatic N) is 1. The fraction of sp³-hybridized carbons (Fsp3) is 0.625. The third-order valence-corrected chi connectivity index (χ3v) is 4.02. The Morgan fingerprint density at radius 2 is 1.95 bits per heavy atom. The molecule has 0 saturated carbocycles. The van der Waals surface area contributed by atoms with Crippen molar-refractivity contribution in [1.82, 2.24) is 10.2 Å². The second kappa shape index (κ2) is 8.29. The van der Waals surface area contributed by atoms with Gasteiger partial charge in [0.05, 0.1) is 6.61 Å². The van der Waals surface area contributed by atoms with Crippen LogP contribution in [0.25, 0.3) is 0 Å². The molecule has 0 aromatic heterocycles. The third-order valence-electron chi connectivity index (χ3n) is 4.02. The lowest BCUT2D eigenvalue weighted by atomic mass is 10.1. The molecule has 1 fully saturated rings. The molecule has 1 heterocycles. The maximum atomic E-state index is 13.0. The van der Waals surface area contributed by atoms with E-state index < -0.39 is 11.6 Å². The van der Waals surface area contributed by atoms with E-state index in [9.17, 15) is 8.78 Å². The molecule has 2 rings (SSSR count). The van der Waals surface area contributed by atoms with Crippen LogP contribution in [0.4, 0.5) is 8.78 Å². The Morgan fingerprint density at radius 1 is 1.19 bits per heavy atom. The minimum absolute atomic E-state index is 0.392. The van der Waals surface area contributed by atoms with Crippen molar-refractivity contribution < 1.29 is 13.5 Å². The minimum Gasteiger partial charge on any atom is -0.493 e. The molecule has 21 heavy (non-hydrogen) atoms. The van der Waals surface area contributed by atoms with Gasteiger partial charge in [0, 0.05) is 12.1 Å². The monoisotopic (exact) mass is 298 g/mol. The summed E-state index contributed by atoms with van der Waals surface area (Å²) < 4.78 is 31.2. The number of unbranched alkanes of at least 4 members (excludes halogenated alkanes) is 1. The van der Waals surface area contributed by atoms with Crippen molar-refractivity contribution >= 4 is 0 Å². The van der Waals surface area contributed by atoms with E-state index in [1.165, 1.54) is 18.9 Å². The number of piperidine rings is 1. The van der Waals surface area contributed by atoms with Crippen LogP contribution in [0.3, 0.4) is 0 Å². The highest BCUT2D eigenvalue weighted by Gasteiger charge is 2.16. The van der Waals surface area contributed by atoms with Crippen molar-refractivity contribution in [3.8, 4) is 5.75 Å². The number of ether oxygens (including phenoxy) is 1. The molecule has 1 saturated heterocycles. The molecule has 1 aromatic rings. The van der Waals surface area contributed by atoms with Crippen molar-refractivity contribution in [3.63, 3.8) is 0 Å². The maximum absolute atomic E-state index is 13.0. The van der Waals surface area contributed by atoms with E-state index in [-0.39, 0.29) is 0 Å². The van der Waals surface area contributed by atoms with Crippen LogP contribution in [0.5, 0.6) is 5.75 Å². The predicted molar refractivity (Wildman–Crippen MR) is 79.6 cm³/mol. The van der Waals surface area contributed by atoms with E-state index >= 15 is 0 Å². The highest BCUT2D eigenvalue weighted by molar-refractivity contribution is 5.23. The normalized spacial score (nSPS) is 17.1. The average molecular weight is 298 g/mol. The molecule has 0 radical (unpaired) electrons. The molecule has 118 valence electrons. The van der Waals surface area contributed by atoms with Gasteiger partial charge < -0.3 is 15.0 Å². The van der Waals surface area contributed by atoms with Crippen molar-refractivity contribution in [2.24, 2.45) is 0 Å². The van der Waals surface area contributed by atoms with Gasteiger partial charge in [-0.15, -0.1) is 0 Å². The molecule has 5 heteroatoms. The van der Waals surface area contributed by atoms with Gasteiger partial charge in [-0.05, 0) is 64.5 Å². The quantitative estimate of drug-likeness (QED) is 0.783. The van der Waals surface area contributed by atoms with Gasteiger partial charge in [-0.3, -0.25) is 0 Å². The van der Waals surface area contributed by atoms with E-state index in [0.717, 1.165) is 44.6 Å². The summed E-state index contributed by atoms with van der Waals surface area (Å²) in [6, 6.07) is 4.31. The van der Waals surface area contributed by atoms with Crippen LogP contribution in [0.2, 0.25) is 0 Å². The van der Waals surface area contributed by atoms with Crippen LogP contribution in [0, 0.1) is 11.6 Å². The van der Waals surface area contributed by atoms with Crippen molar-refractivity contribution in [1.29, 1.82) is 0 Å². The Morgan fingerprint density at radius 3 is 2.62 bits per heavy atom. The summed E-state index contributed by atoms with van der Waals surface area (Å²) in [7, 11) is 2.02. The molecule has 3 nitrogen and oxygen atoms in total. The number of hydrogen-bond acceptors (Lipinski definition) is 3. The number of likely N-dealkylation sites (tertiary alicyclic amines) is 1. The van der Waals surface area contributed by atoms with Crippen LogP contribution >= 0.6 is 0 Å². The lowest BCUT2D eigenvalue weighted by molar-refractivity contribution is 0.193. The summed E-state index contributed by atoms with van der Waals surface area (Å²) in [4.78, 5) is 2.48. The van der Waals surface area contributed by atoms with Gasteiger partial charge in [-0.1, -0.05) is 0 Å². The molecule has 1 aliphatic rings. The van der Waals surface area contributed by atoms with Crippen LogP contribution in [-0.4, -0.2) is 44.2 Å². The largest absolute Gasteiger partial charge is 0.493 e. The SMILES string of the molecule is CNC1CCN(CCCCOc2ccc(F)c(F)c2)CC1. The summed E-state index contributed by atoms with van der Waals surface area (Å²) in [5.41, 5.74) is 0. The highest BCUT2D eigenvalue weighted by Crippen LogP contribution is 2.16. The first-order valence-corrected chi connectivity index (χ1v) is 7.66. The van der Waals surface area contributed by atoms with E-state index in [1.54, 1.807) is 0 Å². The van der Waals surface area contributed by atoms with Crippen LogP contribution in [0.15, 0.2) is 18.2 Å². The van der Waals surface area contributed by atoms with Gasteiger partial charge in [-0.2, -0.15) is 0 Å². The lowest BCUT2D eigenvalue weighted by Crippen LogP contribution is -2.41. The first kappa shape index (κ1) is 16.2. The molecule has 0 unspecified atom stereocenters. The van der Waals surface area contributed by atoms with E-state index in [1.807, 2.05) is 7.05 Å². The fourth-order valence-electron chi connectivity index (χ4n) is 2.64. The maximum Gasteiger partial charge on any atom is 0.162 e. The topological polar surface area (TPSA) is 24.5 Å². The number of benzene rings is 1. The molecule has 1 aromatic carbocycles. The molecule has 0 amide bonds. The number of halogens is 2. The highest BCUT2D eigenvalue weighted by atomic mass is 19.2. The molecule has 0 spiro atoms. The van der Waals surface area contributed by atoms with Gasteiger partial charge in [0.1, 0.15) is 5.75 Å². The Labute approximate surface area is 125 Å². The van der Waals surface area contributed by atoms with Gasteiger partial charge in [-0.25, -0.2) is 8.78 Å². The van der Waals surface area contributed by atoms with Crippen molar-refractivity contribution in [2.75, 3.05) is 33.3 Å². The van der Waals surface area contributed by atoms with Gasteiger partial charge >= 0.3 is 0 Å². The smallest absolute Gasteiger partial charge is 0.162 e. The number of nitrogens with one attached hydrogen (secondary N) is 1. The van der Waals surface area contributed by atoms with Crippen molar-refractivity contribution in [2.45, 2.75) is 31.7 Å².